The lowest BCUT2D eigenvalue weighted by Gasteiger charge is -2.16. The van der Waals surface area contributed by atoms with Gasteiger partial charge in [0.05, 0.1) is 0 Å². The van der Waals surface area contributed by atoms with Crippen LogP contribution in [0.5, 0.6) is 0 Å². The van der Waals surface area contributed by atoms with Crippen molar-refractivity contribution >= 4 is 0 Å². The molecule has 0 bridgehead atoms. The number of pyridine rings is 1. The van der Waals surface area contributed by atoms with Crippen LogP contribution in [0, 0.1) is 0 Å². The number of benzene rings is 1. The summed E-state index contributed by atoms with van der Waals surface area (Å²) in [6, 6.07) is 15.2. The van der Waals surface area contributed by atoms with E-state index in [1.54, 1.807) is 0 Å². The van der Waals surface area contributed by atoms with Crippen molar-refractivity contribution in [3.8, 4) is 0 Å². The summed E-state index contributed by atoms with van der Waals surface area (Å²) >= 11 is 0. The minimum atomic E-state index is 0.358. The molecule has 0 aliphatic rings. The highest BCUT2D eigenvalue weighted by Gasteiger charge is 2.07. The van der Waals surface area contributed by atoms with Gasteiger partial charge in [-0.15, -0.1) is 0 Å². The third-order valence-electron chi connectivity index (χ3n) is 3.58. The van der Waals surface area contributed by atoms with Crippen LogP contribution in [0.2, 0.25) is 0 Å². The van der Waals surface area contributed by atoms with E-state index in [0.29, 0.717) is 12.0 Å². The lowest BCUT2D eigenvalue weighted by atomic mass is 9.98. The molecule has 2 heteroatoms. The monoisotopic (exact) mass is 254 g/mol. The molecule has 1 unspecified atom stereocenters. The topological polar surface area (TPSA) is 24.9 Å². The average Bonchev–Trinajstić information content (AvgIpc) is 2.49. The first kappa shape index (κ1) is 13.8. The van der Waals surface area contributed by atoms with Crippen LogP contribution in [0.15, 0.2) is 54.9 Å². The van der Waals surface area contributed by atoms with Crippen LogP contribution >= 0.6 is 0 Å². The molecule has 2 aromatic rings. The summed E-state index contributed by atoms with van der Waals surface area (Å²) in [4.78, 5) is 4.16. The maximum Gasteiger partial charge on any atom is 0.0315 e. The maximum absolute atomic E-state index is 4.16. The van der Waals surface area contributed by atoms with Crippen molar-refractivity contribution in [3.63, 3.8) is 0 Å². The molecule has 0 fully saturated rings. The molecule has 2 rings (SSSR count). The second-order valence-electron chi connectivity index (χ2n) is 5.06. The molecule has 0 radical (unpaired) electrons. The molecule has 0 saturated heterocycles. The van der Waals surface area contributed by atoms with E-state index in [1.165, 1.54) is 11.1 Å². The maximum atomic E-state index is 4.16. The van der Waals surface area contributed by atoms with Gasteiger partial charge in [-0.1, -0.05) is 43.3 Å². The van der Waals surface area contributed by atoms with Gasteiger partial charge in [0.15, 0.2) is 0 Å². The van der Waals surface area contributed by atoms with E-state index in [2.05, 4.69) is 60.5 Å². The van der Waals surface area contributed by atoms with Crippen molar-refractivity contribution in [2.24, 2.45) is 0 Å². The third-order valence-corrected chi connectivity index (χ3v) is 3.58. The SMILES string of the molecule is CC(CCN[C@@H](C)c1cccnc1)c1ccccc1. The highest BCUT2D eigenvalue weighted by molar-refractivity contribution is 5.18. The van der Waals surface area contributed by atoms with Crippen LogP contribution in [-0.2, 0) is 0 Å². The number of nitrogens with zero attached hydrogens (tertiary/aromatic N) is 1. The molecule has 100 valence electrons. The molecule has 0 aliphatic heterocycles. The van der Waals surface area contributed by atoms with E-state index in [-0.39, 0.29) is 0 Å². The summed E-state index contributed by atoms with van der Waals surface area (Å²) in [6.45, 7) is 5.49. The summed E-state index contributed by atoms with van der Waals surface area (Å²) < 4.78 is 0. The fourth-order valence-corrected chi connectivity index (χ4v) is 2.21. The van der Waals surface area contributed by atoms with Crippen LogP contribution in [0.25, 0.3) is 0 Å². The van der Waals surface area contributed by atoms with Crippen molar-refractivity contribution < 1.29 is 0 Å². The van der Waals surface area contributed by atoms with Crippen molar-refractivity contribution in [3.05, 3.63) is 66.0 Å². The second-order valence-corrected chi connectivity index (χ2v) is 5.06. The molecule has 0 spiro atoms. The number of nitrogens with one attached hydrogen (secondary N) is 1. The van der Waals surface area contributed by atoms with Gasteiger partial charge in [-0.2, -0.15) is 0 Å². The molecular formula is C17H22N2. The first-order valence-electron chi connectivity index (χ1n) is 6.95. The number of aromatic nitrogens is 1. The summed E-state index contributed by atoms with van der Waals surface area (Å²) in [5.74, 6) is 0.592. The van der Waals surface area contributed by atoms with Gasteiger partial charge in [0.25, 0.3) is 0 Å². The second kappa shape index (κ2) is 7.05. The molecule has 19 heavy (non-hydrogen) atoms. The van der Waals surface area contributed by atoms with Crippen molar-refractivity contribution in [1.82, 2.24) is 10.3 Å². The van der Waals surface area contributed by atoms with Gasteiger partial charge in [0.1, 0.15) is 0 Å². The minimum Gasteiger partial charge on any atom is -0.310 e. The largest absolute Gasteiger partial charge is 0.310 e. The highest BCUT2D eigenvalue weighted by atomic mass is 14.9. The zero-order valence-corrected chi connectivity index (χ0v) is 11.7. The summed E-state index contributed by atoms with van der Waals surface area (Å²) in [6.07, 6.45) is 4.89. The smallest absolute Gasteiger partial charge is 0.0315 e. The summed E-state index contributed by atoms with van der Waals surface area (Å²) in [5, 5.41) is 3.56. The van der Waals surface area contributed by atoms with E-state index in [9.17, 15) is 0 Å². The van der Waals surface area contributed by atoms with E-state index in [1.807, 2.05) is 18.5 Å². The van der Waals surface area contributed by atoms with Crippen LogP contribution in [0.3, 0.4) is 0 Å². The summed E-state index contributed by atoms with van der Waals surface area (Å²) in [5.41, 5.74) is 2.66. The zero-order valence-electron chi connectivity index (χ0n) is 11.7. The van der Waals surface area contributed by atoms with Crippen LogP contribution in [-0.4, -0.2) is 11.5 Å². The standard InChI is InChI=1S/C17H22N2/c1-14(16-7-4-3-5-8-16)10-12-19-15(2)17-9-6-11-18-13-17/h3-9,11,13-15,19H,10,12H2,1-2H3/t14?,15-/m0/s1. The normalized spacial score (nSPS) is 14.0. The predicted molar refractivity (Wildman–Crippen MR) is 80.1 cm³/mol. The molecular weight excluding hydrogens is 232 g/mol. The number of hydrogen-bond acceptors (Lipinski definition) is 2. The molecule has 0 amide bonds. The Hall–Kier alpha value is -1.67. The quantitative estimate of drug-likeness (QED) is 0.845. The van der Waals surface area contributed by atoms with Gasteiger partial charge in [0.2, 0.25) is 0 Å². The minimum absolute atomic E-state index is 0.358. The van der Waals surface area contributed by atoms with Crippen LogP contribution < -0.4 is 5.32 Å². The molecule has 1 N–H and O–H groups in total. The van der Waals surface area contributed by atoms with Gasteiger partial charge in [-0.25, -0.2) is 0 Å². The third kappa shape index (κ3) is 4.18. The predicted octanol–water partition coefficient (Wildman–Crippen LogP) is 3.93. The molecule has 2 atom stereocenters. The zero-order chi connectivity index (χ0) is 13.5. The Kier molecular flexibility index (Phi) is 5.10. The highest BCUT2D eigenvalue weighted by Crippen LogP contribution is 2.18. The fourth-order valence-electron chi connectivity index (χ4n) is 2.21. The molecule has 0 saturated carbocycles. The van der Waals surface area contributed by atoms with E-state index >= 15 is 0 Å². The fraction of sp³-hybridized carbons (Fsp3) is 0.353. The van der Waals surface area contributed by atoms with Crippen LogP contribution in [0.1, 0.15) is 43.4 Å². The van der Waals surface area contributed by atoms with Crippen molar-refractivity contribution in [1.29, 1.82) is 0 Å². The molecule has 1 aromatic heterocycles. The first-order valence-corrected chi connectivity index (χ1v) is 6.95. The van der Waals surface area contributed by atoms with Gasteiger partial charge < -0.3 is 5.32 Å². The molecule has 1 aromatic carbocycles. The Morgan fingerprint density at radius 3 is 2.42 bits per heavy atom. The Morgan fingerprint density at radius 2 is 1.74 bits per heavy atom. The van der Waals surface area contributed by atoms with Gasteiger partial charge in [-0.05, 0) is 43.0 Å². The Bertz CT molecular complexity index is 422. The molecule has 2 nitrogen and oxygen atoms in total. The Balaban J connectivity index is 1.78. The number of hydrogen-bond donors (Lipinski definition) is 1. The van der Waals surface area contributed by atoms with Crippen molar-refractivity contribution in [2.75, 3.05) is 6.54 Å². The first-order chi connectivity index (χ1) is 9.27. The summed E-state index contributed by atoms with van der Waals surface area (Å²) in [7, 11) is 0. The van der Waals surface area contributed by atoms with Crippen LogP contribution in [0.4, 0.5) is 0 Å². The lowest BCUT2D eigenvalue weighted by Crippen LogP contribution is -2.21. The van der Waals surface area contributed by atoms with Gasteiger partial charge >= 0.3 is 0 Å². The Labute approximate surface area is 115 Å². The molecule has 1 heterocycles. The van der Waals surface area contributed by atoms with E-state index in [4.69, 9.17) is 0 Å². The lowest BCUT2D eigenvalue weighted by molar-refractivity contribution is 0.530. The number of rotatable bonds is 6. The van der Waals surface area contributed by atoms with Gasteiger partial charge in [-0.3, -0.25) is 4.98 Å². The van der Waals surface area contributed by atoms with Gasteiger partial charge in [0, 0.05) is 18.4 Å². The molecule has 0 aliphatic carbocycles. The Morgan fingerprint density at radius 1 is 1.00 bits per heavy atom. The van der Waals surface area contributed by atoms with E-state index in [0.717, 1.165) is 13.0 Å². The van der Waals surface area contributed by atoms with E-state index < -0.39 is 0 Å². The average molecular weight is 254 g/mol. The van der Waals surface area contributed by atoms with Crippen molar-refractivity contribution in [2.45, 2.75) is 32.2 Å².